The fraction of sp³-hybridized carbons (Fsp3) is 0.222. The normalized spacial score (nSPS) is 10.7. The highest BCUT2D eigenvalue weighted by molar-refractivity contribution is 7.17. The highest BCUT2D eigenvalue weighted by Crippen LogP contribution is 2.30. The molecule has 0 saturated carbocycles. The van der Waals surface area contributed by atoms with Crippen LogP contribution in [0, 0.1) is 17.1 Å². The first kappa shape index (κ1) is 17.8. The summed E-state index contributed by atoms with van der Waals surface area (Å²) in [5, 5.41) is 10.8. The summed E-state index contributed by atoms with van der Waals surface area (Å²) in [6.07, 6.45) is 1.58. The van der Waals surface area contributed by atoms with Gasteiger partial charge in [-0.25, -0.2) is 9.37 Å². The number of nitriles is 1. The van der Waals surface area contributed by atoms with Crippen molar-refractivity contribution in [2.24, 2.45) is 0 Å². The largest absolute Gasteiger partial charge is 0.343 e. The molecule has 132 valence electrons. The number of halogens is 1. The third-order valence-corrected chi connectivity index (χ3v) is 4.89. The fourth-order valence-electron chi connectivity index (χ4n) is 2.53. The lowest BCUT2D eigenvalue weighted by Gasteiger charge is -2.16. The molecule has 0 unspecified atom stereocenters. The molecular weight excluding hydrogens is 355 g/mol. The Morgan fingerprint density at radius 1 is 1.38 bits per heavy atom. The maximum absolute atomic E-state index is 13.2. The molecule has 1 amide bonds. The molecule has 8 heteroatoms. The zero-order valence-corrected chi connectivity index (χ0v) is 14.8. The number of hydrogen-bond donors (Lipinski definition) is 0. The van der Waals surface area contributed by atoms with E-state index in [1.807, 2.05) is 6.07 Å². The molecule has 6 nitrogen and oxygen atoms in total. The average molecular weight is 370 g/mol. The second-order valence-corrected chi connectivity index (χ2v) is 6.60. The first-order valence-electron chi connectivity index (χ1n) is 7.84. The molecule has 0 aliphatic rings. The number of amides is 1. The Morgan fingerprint density at radius 2 is 2.12 bits per heavy atom. The van der Waals surface area contributed by atoms with Crippen LogP contribution < -0.4 is 5.56 Å². The Morgan fingerprint density at radius 3 is 2.81 bits per heavy atom. The maximum Gasteiger partial charge on any atom is 0.263 e. The number of benzene rings is 1. The standard InChI is InChI=1S/C18H15FN4O2S/c1-22(8-2-7-20)15(24)9-23-11-21-17-16(18(23)25)14(10-26-17)12-3-5-13(19)6-4-12/h3-6,10-11H,2,8-9H2,1H3. The Balaban J connectivity index is 1.97. The Kier molecular flexibility index (Phi) is 5.09. The van der Waals surface area contributed by atoms with Gasteiger partial charge < -0.3 is 4.90 Å². The van der Waals surface area contributed by atoms with Crippen molar-refractivity contribution >= 4 is 27.5 Å². The average Bonchev–Trinajstić information content (AvgIpc) is 3.07. The summed E-state index contributed by atoms with van der Waals surface area (Å²) in [5.41, 5.74) is 1.06. The number of carbonyl (C=O) groups excluding carboxylic acids is 1. The third kappa shape index (κ3) is 3.48. The van der Waals surface area contributed by atoms with Gasteiger partial charge in [0.2, 0.25) is 5.91 Å². The molecule has 0 bridgehead atoms. The summed E-state index contributed by atoms with van der Waals surface area (Å²) in [6, 6.07) is 7.86. The van der Waals surface area contributed by atoms with Gasteiger partial charge in [-0.05, 0) is 17.7 Å². The van der Waals surface area contributed by atoms with E-state index >= 15 is 0 Å². The van der Waals surface area contributed by atoms with Crippen LogP contribution in [0.4, 0.5) is 4.39 Å². The van der Waals surface area contributed by atoms with Crippen molar-refractivity contribution in [3.05, 3.63) is 52.1 Å². The lowest BCUT2D eigenvalue weighted by Crippen LogP contribution is -2.34. The predicted octanol–water partition coefficient (Wildman–Crippen LogP) is 2.64. The molecule has 0 aliphatic carbocycles. The Hall–Kier alpha value is -3.05. The number of aromatic nitrogens is 2. The Bertz CT molecular complexity index is 1050. The number of thiophene rings is 1. The SMILES string of the molecule is CN(CCC#N)C(=O)Cn1cnc2scc(-c3ccc(F)cc3)c2c1=O. The van der Waals surface area contributed by atoms with Gasteiger partial charge >= 0.3 is 0 Å². The highest BCUT2D eigenvalue weighted by atomic mass is 32.1. The zero-order chi connectivity index (χ0) is 18.7. The van der Waals surface area contributed by atoms with E-state index in [0.717, 1.165) is 0 Å². The first-order chi connectivity index (χ1) is 12.5. The minimum atomic E-state index is -0.352. The van der Waals surface area contributed by atoms with Gasteiger partial charge in [-0.1, -0.05) is 12.1 Å². The highest BCUT2D eigenvalue weighted by Gasteiger charge is 2.16. The number of nitrogens with zero attached hydrogens (tertiary/aromatic N) is 4. The van der Waals surface area contributed by atoms with E-state index < -0.39 is 0 Å². The van der Waals surface area contributed by atoms with Crippen molar-refractivity contribution in [1.29, 1.82) is 5.26 Å². The molecule has 0 aliphatic heterocycles. The van der Waals surface area contributed by atoms with Crippen LogP contribution in [0.25, 0.3) is 21.3 Å². The van der Waals surface area contributed by atoms with E-state index in [2.05, 4.69) is 4.98 Å². The van der Waals surface area contributed by atoms with Gasteiger partial charge in [0.25, 0.3) is 5.56 Å². The van der Waals surface area contributed by atoms with Gasteiger partial charge in [-0.15, -0.1) is 11.3 Å². The summed E-state index contributed by atoms with van der Waals surface area (Å²) < 4.78 is 14.4. The quantitative estimate of drug-likeness (QED) is 0.692. The van der Waals surface area contributed by atoms with Gasteiger partial charge in [0.05, 0.1) is 24.2 Å². The topological polar surface area (TPSA) is 79.0 Å². The lowest BCUT2D eigenvalue weighted by molar-refractivity contribution is -0.130. The van der Waals surface area contributed by atoms with Gasteiger partial charge in [0.1, 0.15) is 17.2 Å². The van der Waals surface area contributed by atoms with E-state index in [-0.39, 0.29) is 30.2 Å². The second-order valence-electron chi connectivity index (χ2n) is 5.74. The molecule has 2 heterocycles. The van der Waals surface area contributed by atoms with Crippen molar-refractivity contribution in [3.8, 4) is 17.2 Å². The van der Waals surface area contributed by atoms with Crippen molar-refractivity contribution in [1.82, 2.24) is 14.5 Å². The molecule has 2 aromatic heterocycles. The predicted molar refractivity (Wildman–Crippen MR) is 97.1 cm³/mol. The van der Waals surface area contributed by atoms with E-state index in [1.54, 1.807) is 24.6 Å². The van der Waals surface area contributed by atoms with E-state index in [1.165, 1.54) is 39.3 Å². The van der Waals surface area contributed by atoms with Crippen molar-refractivity contribution in [2.45, 2.75) is 13.0 Å². The summed E-state index contributed by atoms with van der Waals surface area (Å²) in [7, 11) is 1.59. The van der Waals surface area contributed by atoms with Crippen LogP contribution in [0.5, 0.6) is 0 Å². The van der Waals surface area contributed by atoms with E-state index in [0.29, 0.717) is 27.9 Å². The van der Waals surface area contributed by atoms with Crippen LogP contribution in [0.3, 0.4) is 0 Å². The summed E-state index contributed by atoms with van der Waals surface area (Å²) in [5.74, 6) is -0.628. The fourth-order valence-corrected chi connectivity index (χ4v) is 3.44. The number of rotatable bonds is 5. The monoisotopic (exact) mass is 370 g/mol. The molecular formula is C18H15FN4O2S. The molecule has 0 fully saturated rings. The molecule has 0 saturated heterocycles. The molecule has 0 radical (unpaired) electrons. The maximum atomic E-state index is 13.2. The number of likely N-dealkylation sites (N-methyl/N-ethyl adjacent to an activating group) is 1. The smallest absolute Gasteiger partial charge is 0.263 e. The Labute approximate surface area is 152 Å². The van der Waals surface area contributed by atoms with E-state index in [4.69, 9.17) is 5.26 Å². The van der Waals surface area contributed by atoms with Gasteiger partial charge in [0.15, 0.2) is 0 Å². The minimum absolute atomic E-state index is 0.150. The van der Waals surface area contributed by atoms with Gasteiger partial charge in [-0.2, -0.15) is 5.26 Å². The van der Waals surface area contributed by atoms with Crippen LogP contribution in [0.15, 0.2) is 40.8 Å². The van der Waals surface area contributed by atoms with Crippen molar-refractivity contribution in [2.75, 3.05) is 13.6 Å². The molecule has 26 heavy (non-hydrogen) atoms. The third-order valence-electron chi connectivity index (χ3n) is 4.01. The summed E-state index contributed by atoms with van der Waals surface area (Å²) in [4.78, 5) is 31.3. The van der Waals surface area contributed by atoms with Crippen LogP contribution >= 0.6 is 11.3 Å². The summed E-state index contributed by atoms with van der Waals surface area (Å²) >= 11 is 1.32. The first-order valence-corrected chi connectivity index (χ1v) is 8.72. The van der Waals surface area contributed by atoms with Crippen LogP contribution in [0.2, 0.25) is 0 Å². The number of hydrogen-bond acceptors (Lipinski definition) is 5. The molecule has 1 aromatic carbocycles. The van der Waals surface area contributed by atoms with E-state index in [9.17, 15) is 14.0 Å². The molecule has 0 N–H and O–H groups in total. The molecule has 0 spiro atoms. The molecule has 3 aromatic rings. The van der Waals surface area contributed by atoms with Crippen molar-refractivity contribution < 1.29 is 9.18 Å². The summed E-state index contributed by atoms with van der Waals surface area (Å²) in [6.45, 7) is 0.154. The van der Waals surface area contributed by atoms with Crippen LogP contribution in [-0.4, -0.2) is 34.0 Å². The van der Waals surface area contributed by atoms with Crippen LogP contribution in [0.1, 0.15) is 6.42 Å². The molecule has 0 atom stereocenters. The van der Waals surface area contributed by atoms with Crippen LogP contribution in [-0.2, 0) is 11.3 Å². The second kappa shape index (κ2) is 7.45. The van der Waals surface area contributed by atoms with Crippen molar-refractivity contribution in [3.63, 3.8) is 0 Å². The zero-order valence-electron chi connectivity index (χ0n) is 14.0. The van der Waals surface area contributed by atoms with Gasteiger partial charge in [-0.3, -0.25) is 14.2 Å². The van der Waals surface area contributed by atoms with Gasteiger partial charge in [0, 0.05) is 24.5 Å². The number of fused-ring (bicyclic) bond motifs is 1. The number of carbonyl (C=O) groups is 1. The minimum Gasteiger partial charge on any atom is -0.343 e. The lowest BCUT2D eigenvalue weighted by atomic mass is 10.1. The molecule has 3 rings (SSSR count).